The number of carboxylic acids is 1. The van der Waals surface area contributed by atoms with Crippen LogP contribution in [-0.2, 0) is 36.3 Å². The Kier molecular flexibility index (Phi) is 7.86. The molecule has 5 rings (SSSR count). The van der Waals surface area contributed by atoms with E-state index >= 15 is 4.39 Å². The molecule has 2 fully saturated rings. The molecule has 1 heterocycles. The predicted octanol–water partition coefficient (Wildman–Crippen LogP) is 6.39. The first-order valence-electron chi connectivity index (χ1n) is 14.1. The molecule has 2 aromatic rings. The number of amides is 1. The van der Waals surface area contributed by atoms with Gasteiger partial charge in [-0.25, -0.2) is 12.8 Å². The molecule has 1 amide bonds. The van der Waals surface area contributed by atoms with Crippen LogP contribution < -0.4 is 0 Å². The summed E-state index contributed by atoms with van der Waals surface area (Å²) in [7, 11) is -4.40. The molecule has 4 unspecified atom stereocenters. The summed E-state index contributed by atoms with van der Waals surface area (Å²) in [6.45, 7) is 1.67. The Morgan fingerprint density at radius 3 is 2.20 bits per heavy atom. The Hall–Kier alpha value is -3.16. The van der Waals surface area contributed by atoms with E-state index in [4.69, 9.17) is 0 Å². The molecule has 0 bridgehead atoms. The maximum Gasteiger partial charge on any atom is 0.435 e. The number of aryl methyl sites for hydroxylation is 1. The number of hydrogen-bond donors (Lipinski definition) is 1. The Labute approximate surface area is 249 Å². The van der Waals surface area contributed by atoms with Crippen LogP contribution in [0.5, 0.6) is 0 Å². The normalized spacial score (nSPS) is 25.9. The fraction of sp³-hybridized carbons (Fsp3) is 0.533. The van der Waals surface area contributed by atoms with E-state index in [1.165, 1.54) is 17.0 Å². The molecular formula is C30H30F7NO5S. The summed E-state index contributed by atoms with van der Waals surface area (Å²) in [4.78, 5) is 26.3. The number of benzene rings is 2. The van der Waals surface area contributed by atoms with Crippen LogP contribution in [0, 0.1) is 18.8 Å². The van der Waals surface area contributed by atoms with Crippen molar-refractivity contribution in [1.29, 1.82) is 0 Å². The highest BCUT2D eigenvalue weighted by Gasteiger charge is 2.74. The van der Waals surface area contributed by atoms with E-state index in [1.54, 1.807) is 19.1 Å². The van der Waals surface area contributed by atoms with Crippen LogP contribution in [0.15, 0.2) is 47.4 Å². The minimum Gasteiger partial charge on any atom is -0.481 e. The smallest absolute Gasteiger partial charge is 0.435 e. The van der Waals surface area contributed by atoms with Gasteiger partial charge in [0.05, 0.1) is 16.9 Å². The minimum atomic E-state index is -6.35. The zero-order valence-electron chi connectivity index (χ0n) is 23.5. The van der Waals surface area contributed by atoms with E-state index < -0.39 is 68.4 Å². The van der Waals surface area contributed by atoms with Gasteiger partial charge in [-0.15, -0.1) is 0 Å². The van der Waals surface area contributed by atoms with Gasteiger partial charge in [0.2, 0.25) is 5.91 Å². The average molecular weight is 650 g/mol. The lowest BCUT2D eigenvalue weighted by molar-refractivity contribution is -0.348. The number of alkyl halides is 7. The van der Waals surface area contributed by atoms with Crippen molar-refractivity contribution in [2.24, 2.45) is 11.8 Å². The van der Waals surface area contributed by atoms with Crippen LogP contribution in [-0.4, -0.2) is 55.2 Å². The lowest BCUT2D eigenvalue weighted by atomic mass is 9.79. The van der Waals surface area contributed by atoms with Crippen molar-refractivity contribution in [3.8, 4) is 0 Å². The van der Waals surface area contributed by atoms with Gasteiger partial charge in [-0.2, -0.15) is 26.3 Å². The fourth-order valence-corrected chi connectivity index (χ4v) is 9.62. The van der Waals surface area contributed by atoms with Gasteiger partial charge in [0.1, 0.15) is 4.75 Å². The lowest BCUT2D eigenvalue weighted by Crippen LogP contribution is -2.50. The van der Waals surface area contributed by atoms with Crippen molar-refractivity contribution in [3.63, 3.8) is 0 Å². The minimum absolute atomic E-state index is 0.0526. The van der Waals surface area contributed by atoms with Gasteiger partial charge in [0.15, 0.2) is 9.84 Å². The fourth-order valence-electron chi connectivity index (χ4n) is 7.29. The van der Waals surface area contributed by atoms with Gasteiger partial charge in [-0.1, -0.05) is 42.3 Å². The largest absolute Gasteiger partial charge is 0.481 e. The summed E-state index contributed by atoms with van der Waals surface area (Å²) < 4.78 is 123. The number of hydrogen-bond acceptors (Lipinski definition) is 4. The van der Waals surface area contributed by atoms with Gasteiger partial charge < -0.3 is 10.0 Å². The number of halogens is 7. The quantitative estimate of drug-likeness (QED) is 0.367. The third-order valence-corrected chi connectivity index (χ3v) is 12.1. The number of nitrogens with zero attached hydrogens (tertiary/aromatic N) is 1. The molecule has 0 aromatic heterocycles. The van der Waals surface area contributed by atoms with E-state index in [0.29, 0.717) is 31.4 Å². The highest BCUT2D eigenvalue weighted by Crippen LogP contribution is 2.57. The molecule has 1 aliphatic heterocycles. The lowest BCUT2D eigenvalue weighted by Gasteiger charge is -2.34. The first-order chi connectivity index (χ1) is 20.3. The molecule has 1 N–H and O–H groups in total. The zero-order valence-corrected chi connectivity index (χ0v) is 24.3. The second-order valence-electron chi connectivity index (χ2n) is 12.1. The molecule has 2 aliphatic carbocycles. The SMILES string of the molecule is Cc1ccc(S(=O)(=O)C23CCN(C(=O)CC4CCCC(C(=O)O)C4)C2Cc2cc(C(F)(C(F)(F)F)C(F)(F)F)ccc23)cc1. The summed E-state index contributed by atoms with van der Waals surface area (Å²) in [5.74, 6) is -2.37. The highest BCUT2D eigenvalue weighted by molar-refractivity contribution is 7.92. The molecule has 1 saturated carbocycles. The predicted molar refractivity (Wildman–Crippen MR) is 143 cm³/mol. The van der Waals surface area contributed by atoms with Gasteiger partial charge >= 0.3 is 24.0 Å². The molecule has 44 heavy (non-hydrogen) atoms. The number of fused-ring (bicyclic) bond motifs is 3. The van der Waals surface area contributed by atoms with Crippen molar-refractivity contribution in [1.82, 2.24) is 4.90 Å². The number of sulfone groups is 1. The molecule has 14 heteroatoms. The summed E-state index contributed by atoms with van der Waals surface area (Å²) in [6.07, 6.45) is -11.5. The molecule has 2 aromatic carbocycles. The maximum atomic E-state index is 15.0. The second kappa shape index (κ2) is 10.7. The Morgan fingerprint density at radius 1 is 0.977 bits per heavy atom. The molecule has 240 valence electrons. The number of aliphatic carboxylic acids is 1. The molecule has 3 aliphatic rings. The van der Waals surface area contributed by atoms with Crippen LogP contribution in [0.4, 0.5) is 30.7 Å². The van der Waals surface area contributed by atoms with Gasteiger partial charge in [-0.3, -0.25) is 9.59 Å². The zero-order chi connectivity index (χ0) is 32.5. The van der Waals surface area contributed by atoms with E-state index in [2.05, 4.69) is 0 Å². The topological polar surface area (TPSA) is 91.8 Å². The summed E-state index contributed by atoms with van der Waals surface area (Å²) in [5, 5.41) is 9.42. The average Bonchev–Trinajstić information content (AvgIpc) is 3.47. The summed E-state index contributed by atoms with van der Waals surface area (Å²) in [5.41, 5.74) is -6.98. The van der Waals surface area contributed by atoms with Crippen molar-refractivity contribution >= 4 is 21.7 Å². The number of rotatable bonds is 6. The highest BCUT2D eigenvalue weighted by atomic mass is 32.2. The van der Waals surface area contributed by atoms with E-state index in [9.17, 15) is 49.5 Å². The van der Waals surface area contributed by atoms with E-state index in [-0.39, 0.29) is 47.7 Å². The Bertz CT molecular complexity index is 1560. The summed E-state index contributed by atoms with van der Waals surface area (Å²) in [6, 6.07) is 6.16. The monoisotopic (exact) mass is 649 g/mol. The Balaban J connectivity index is 1.59. The second-order valence-corrected chi connectivity index (χ2v) is 14.3. The standard InChI is InChI=1S/C30H30F7NO5S/c1-17-5-8-22(9-6-17)44(42,43)27-11-12-38(25(39)14-18-3-2-4-19(13-18)26(40)41)24(27)16-20-15-21(7-10-23(20)27)28(31,29(32,33)34)30(35,36)37/h5-10,15,18-19,24H,2-4,11-14,16H2,1H3,(H,40,41). The van der Waals surface area contributed by atoms with Crippen molar-refractivity contribution in [2.75, 3.05) is 6.54 Å². The molecular weight excluding hydrogens is 619 g/mol. The molecule has 0 spiro atoms. The van der Waals surface area contributed by atoms with Crippen molar-refractivity contribution in [2.45, 2.75) is 85.6 Å². The van der Waals surface area contributed by atoms with Gasteiger partial charge in [0, 0.05) is 18.5 Å². The van der Waals surface area contributed by atoms with Crippen LogP contribution in [0.2, 0.25) is 0 Å². The molecule has 1 saturated heterocycles. The van der Waals surface area contributed by atoms with E-state index in [0.717, 1.165) is 11.6 Å². The molecule has 6 nitrogen and oxygen atoms in total. The van der Waals surface area contributed by atoms with Crippen molar-refractivity contribution < 1.29 is 53.8 Å². The first-order valence-corrected chi connectivity index (χ1v) is 15.6. The van der Waals surface area contributed by atoms with Crippen LogP contribution >= 0.6 is 0 Å². The third-order valence-electron chi connectivity index (χ3n) is 9.52. The Morgan fingerprint density at radius 2 is 1.61 bits per heavy atom. The van der Waals surface area contributed by atoms with Gasteiger partial charge in [-0.05, 0) is 68.2 Å². The van der Waals surface area contributed by atoms with Crippen LogP contribution in [0.1, 0.15) is 60.8 Å². The molecule has 4 atom stereocenters. The van der Waals surface area contributed by atoms with Crippen LogP contribution in [0.3, 0.4) is 0 Å². The maximum absolute atomic E-state index is 15.0. The third kappa shape index (κ3) is 4.87. The number of carboxylic acid groups (broad SMARTS) is 1. The van der Waals surface area contributed by atoms with Crippen LogP contribution in [0.25, 0.3) is 0 Å². The first kappa shape index (κ1) is 32.2. The van der Waals surface area contributed by atoms with E-state index in [1.807, 2.05) is 0 Å². The molecule has 0 radical (unpaired) electrons. The summed E-state index contributed by atoms with van der Waals surface area (Å²) >= 11 is 0. The van der Waals surface area contributed by atoms with Crippen molar-refractivity contribution in [3.05, 3.63) is 64.7 Å². The number of carbonyl (C=O) groups excluding carboxylic acids is 1. The van der Waals surface area contributed by atoms with Gasteiger partial charge in [0.25, 0.3) is 0 Å². The number of likely N-dealkylation sites (tertiary alicyclic amines) is 1. The number of carbonyl (C=O) groups is 2.